The molecule has 24 aromatic rings. The first-order chi connectivity index (χ1) is 58.1. The van der Waals surface area contributed by atoms with Gasteiger partial charge < -0.3 is 13.3 Å². The predicted octanol–water partition coefficient (Wildman–Crippen LogP) is 30.9. The van der Waals surface area contributed by atoms with Crippen molar-refractivity contribution in [3.8, 4) is 101 Å². The normalized spacial score (nSPS) is 11.6. The molecule has 0 fully saturated rings. The lowest BCUT2D eigenvalue weighted by molar-refractivity contribution is 0.668. The zero-order chi connectivity index (χ0) is 77.3. The van der Waals surface area contributed by atoms with Gasteiger partial charge in [0, 0.05) is 84.3 Å². The summed E-state index contributed by atoms with van der Waals surface area (Å²) >= 11 is 0. The molecule has 0 atom stereocenters. The van der Waals surface area contributed by atoms with Gasteiger partial charge in [-0.25, -0.2) is 0 Å². The summed E-state index contributed by atoms with van der Waals surface area (Å²) in [5.74, 6) is 0. The molecule has 0 aliphatic heterocycles. The Morgan fingerprint density at radius 1 is 0.145 bits per heavy atom. The fourth-order valence-electron chi connectivity index (χ4n) is 17.9. The van der Waals surface area contributed by atoms with Crippen molar-refractivity contribution in [1.82, 2.24) is 15.0 Å². The fraction of sp³-hybridized carbons (Fsp3) is 0. The quantitative estimate of drug-likeness (QED) is 0.134. The van der Waals surface area contributed by atoms with E-state index in [1.54, 1.807) is 0 Å². The van der Waals surface area contributed by atoms with Gasteiger partial charge >= 0.3 is 0 Å². The van der Waals surface area contributed by atoms with E-state index < -0.39 is 0 Å². The number of fused-ring (bicyclic) bond motifs is 15. The van der Waals surface area contributed by atoms with E-state index in [9.17, 15) is 0 Å². The van der Waals surface area contributed by atoms with Crippen LogP contribution in [0.25, 0.3) is 231 Å². The Bertz CT molecular complexity index is 7780. The number of pyridine rings is 3. The highest BCUT2D eigenvalue weighted by molar-refractivity contribution is 6.25. The first kappa shape index (κ1) is 68.2. The Balaban J connectivity index is 0.000000106. The van der Waals surface area contributed by atoms with E-state index in [1.165, 1.54) is 115 Å². The molecule has 18 aromatic carbocycles. The zero-order valence-corrected chi connectivity index (χ0v) is 63.4. The van der Waals surface area contributed by atoms with Gasteiger partial charge in [-0.3, -0.25) is 15.0 Å². The Hall–Kier alpha value is -15.6. The highest BCUT2D eigenvalue weighted by Crippen LogP contribution is 2.49. The first-order valence-corrected chi connectivity index (χ1v) is 39.7. The van der Waals surface area contributed by atoms with Crippen LogP contribution in [0.5, 0.6) is 0 Å². The average Bonchev–Trinajstić information content (AvgIpc) is 1.67. The molecule has 6 nitrogen and oxygen atoms in total. The largest absolute Gasteiger partial charge is 0.456 e. The summed E-state index contributed by atoms with van der Waals surface area (Å²) in [6, 6.07) is 141. The third-order valence-corrected chi connectivity index (χ3v) is 23.2. The van der Waals surface area contributed by atoms with Gasteiger partial charge in [-0.05, 0) is 188 Å². The van der Waals surface area contributed by atoms with Crippen molar-refractivity contribution < 1.29 is 13.3 Å². The molecule has 0 N–H and O–H groups in total. The van der Waals surface area contributed by atoms with Crippen molar-refractivity contribution in [2.75, 3.05) is 0 Å². The van der Waals surface area contributed by atoms with Gasteiger partial charge in [0.15, 0.2) is 0 Å². The first-order valence-electron chi connectivity index (χ1n) is 39.7. The minimum absolute atomic E-state index is 0.877. The minimum atomic E-state index is 0.877. The van der Waals surface area contributed by atoms with Gasteiger partial charge in [0.1, 0.15) is 33.5 Å². The monoisotopic (exact) mass is 1490 g/mol. The average molecular weight is 1490 g/mol. The maximum Gasteiger partial charge on any atom is 0.144 e. The second-order valence-electron chi connectivity index (χ2n) is 29.8. The molecule has 0 saturated heterocycles. The van der Waals surface area contributed by atoms with E-state index in [2.05, 4.69) is 352 Å². The van der Waals surface area contributed by atoms with Gasteiger partial charge in [-0.1, -0.05) is 328 Å². The lowest BCUT2D eigenvalue weighted by Crippen LogP contribution is -1.92. The van der Waals surface area contributed by atoms with Crippen molar-refractivity contribution in [3.63, 3.8) is 0 Å². The highest BCUT2D eigenvalue weighted by Gasteiger charge is 2.23. The lowest BCUT2D eigenvalue weighted by atomic mass is 9.86. The van der Waals surface area contributed by atoms with Crippen LogP contribution in [-0.2, 0) is 0 Å². The van der Waals surface area contributed by atoms with E-state index in [0.717, 1.165) is 116 Å². The summed E-state index contributed by atoms with van der Waals surface area (Å²) < 4.78 is 18.4. The van der Waals surface area contributed by atoms with E-state index >= 15 is 0 Å². The molecule has 6 aromatic heterocycles. The SMILES string of the molecule is c1ccc(-c2c3ccccc3c(-c3ccc(-c4ccc5c(c4)oc4ccccc45)nc3)c3ccccc23)cc1.c1ccc(-c2c3ccccc3c(-c3ccc(-c4ccc5oc6ccccc6c5c4)nc3)c3ccccc23)cc1.c1ccc(-c2c3ccccc3c(-c3ccc(-c4cccc5c4oc4ccccc45)nc3)c3ccccc23)cc1. The molecule has 0 amide bonds. The van der Waals surface area contributed by atoms with Crippen LogP contribution in [-0.4, -0.2) is 15.0 Å². The van der Waals surface area contributed by atoms with Crippen LogP contribution >= 0.6 is 0 Å². The van der Waals surface area contributed by atoms with Crippen LogP contribution in [0.1, 0.15) is 0 Å². The van der Waals surface area contributed by atoms with E-state index in [1.807, 2.05) is 67.1 Å². The maximum absolute atomic E-state index is 6.28. The summed E-state index contributed by atoms with van der Waals surface area (Å²) in [5, 5.41) is 21.6. The summed E-state index contributed by atoms with van der Waals surface area (Å²) in [7, 11) is 0. The molecule has 6 heteroatoms. The molecule has 6 heterocycles. The molecule has 117 heavy (non-hydrogen) atoms. The highest BCUT2D eigenvalue weighted by atomic mass is 16.3. The minimum Gasteiger partial charge on any atom is -0.456 e. The molecule has 24 rings (SSSR count). The number of benzene rings is 18. The Labute approximate surface area is 673 Å². The molecule has 0 aliphatic rings. The fourth-order valence-corrected chi connectivity index (χ4v) is 17.9. The number of nitrogens with zero attached hydrogens (tertiary/aromatic N) is 3. The van der Waals surface area contributed by atoms with Crippen LogP contribution in [0.2, 0.25) is 0 Å². The van der Waals surface area contributed by atoms with Crippen molar-refractivity contribution >= 4 is 130 Å². The number of aromatic nitrogens is 3. The number of rotatable bonds is 9. The van der Waals surface area contributed by atoms with Gasteiger partial charge in [-0.2, -0.15) is 0 Å². The van der Waals surface area contributed by atoms with Gasteiger partial charge in [0.05, 0.1) is 17.1 Å². The number of hydrogen-bond donors (Lipinski definition) is 0. The number of para-hydroxylation sites is 4. The Kier molecular flexibility index (Phi) is 16.8. The Morgan fingerprint density at radius 2 is 0.410 bits per heavy atom. The van der Waals surface area contributed by atoms with Crippen molar-refractivity contribution in [3.05, 3.63) is 419 Å². The Morgan fingerprint density at radius 3 is 0.786 bits per heavy atom. The van der Waals surface area contributed by atoms with Crippen LogP contribution in [0.15, 0.2) is 432 Å². The molecule has 546 valence electrons. The van der Waals surface area contributed by atoms with Crippen LogP contribution < -0.4 is 0 Å². The van der Waals surface area contributed by atoms with E-state index in [0.29, 0.717) is 0 Å². The van der Waals surface area contributed by atoms with Gasteiger partial charge in [0.2, 0.25) is 0 Å². The van der Waals surface area contributed by atoms with Gasteiger partial charge in [0.25, 0.3) is 0 Å². The smallest absolute Gasteiger partial charge is 0.144 e. The lowest BCUT2D eigenvalue weighted by Gasteiger charge is -2.17. The van der Waals surface area contributed by atoms with E-state index in [-0.39, 0.29) is 0 Å². The third kappa shape index (κ3) is 11.9. The van der Waals surface area contributed by atoms with Crippen molar-refractivity contribution in [1.29, 1.82) is 0 Å². The van der Waals surface area contributed by atoms with Crippen LogP contribution in [0, 0.1) is 0 Å². The molecule has 0 saturated carbocycles. The van der Waals surface area contributed by atoms with Gasteiger partial charge in [-0.15, -0.1) is 0 Å². The number of furan rings is 3. The number of hydrogen-bond acceptors (Lipinski definition) is 6. The molecule has 0 bridgehead atoms. The maximum atomic E-state index is 6.28. The predicted molar refractivity (Wildman–Crippen MR) is 489 cm³/mol. The summed E-state index contributed by atoms with van der Waals surface area (Å²) in [6.45, 7) is 0. The van der Waals surface area contributed by atoms with Crippen molar-refractivity contribution in [2.24, 2.45) is 0 Å². The zero-order valence-electron chi connectivity index (χ0n) is 63.4. The molecular weight excluding hydrogens is 1420 g/mol. The molecule has 0 spiro atoms. The van der Waals surface area contributed by atoms with Crippen LogP contribution in [0.3, 0.4) is 0 Å². The molecule has 0 unspecified atom stereocenters. The molecule has 0 aliphatic carbocycles. The summed E-state index contributed by atoms with van der Waals surface area (Å²) in [4.78, 5) is 14.9. The summed E-state index contributed by atoms with van der Waals surface area (Å²) in [5.41, 5.74) is 25.7. The van der Waals surface area contributed by atoms with E-state index in [4.69, 9.17) is 28.2 Å². The van der Waals surface area contributed by atoms with Crippen LogP contribution in [0.4, 0.5) is 0 Å². The molecular formula is C111H69N3O3. The third-order valence-electron chi connectivity index (χ3n) is 23.2. The molecule has 0 radical (unpaired) electrons. The summed E-state index contributed by atoms with van der Waals surface area (Å²) in [6.07, 6.45) is 6.03. The second-order valence-corrected chi connectivity index (χ2v) is 29.8. The van der Waals surface area contributed by atoms with Crippen molar-refractivity contribution in [2.45, 2.75) is 0 Å². The topological polar surface area (TPSA) is 78.1 Å². The standard InChI is InChI=1S/3C37H23NO/c1-2-11-24(12-3-1)35-27-14-4-6-16-29(27)36(30-17-7-5-15-28(30)35)25-21-22-33(38-23-25)32-19-10-18-31-26-13-8-9-20-34(26)39-37(31)32;1-2-10-24(11-3-1)36-28-13-4-6-15-30(28)37(31-16-7-5-14-29(31)36)26-18-20-33(38-23-26)25-19-21-35-32(22-25)27-12-8-9-17-34(27)39-35;1-2-10-24(11-3-1)36-29-13-4-6-15-31(29)37(32-16-7-5-14-30(32)36)26-19-21-33(38-23-26)25-18-20-28-27-12-8-9-17-34(27)39-35(28)22-25/h3*1-23H. The second kappa shape index (κ2) is 28.8.